The van der Waals surface area contributed by atoms with Crippen molar-refractivity contribution in [3.63, 3.8) is 0 Å². The van der Waals surface area contributed by atoms with Crippen LogP contribution in [0.2, 0.25) is 0 Å². The number of nitrogens with one attached hydrogen (secondary N) is 1. The second-order valence-corrected chi connectivity index (χ2v) is 5.46. The van der Waals surface area contributed by atoms with Gasteiger partial charge in [-0.2, -0.15) is 4.98 Å². The molecular weight excluding hydrogens is 330 g/mol. The average molecular weight is 344 g/mol. The highest BCUT2D eigenvalue weighted by atomic mass is 19.1. The predicted molar refractivity (Wildman–Crippen MR) is 84.5 cm³/mol. The average Bonchev–Trinajstić information content (AvgIpc) is 3.01. The predicted octanol–water partition coefficient (Wildman–Crippen LogP) is 3.21. The fraction of sp³-hybridized carbons (Fsp3) is 0.176. The number of hydrogen-bond acceptors (Lipinski definition) is 5. The zero-order valence-electron chi connectivity index (χ0n) is 13.5. The number of pyridine rings is 1. The van der Waals surface area contributed by atoms with E-state index in [-0.39, 0.29) is 17.0 Å². The fourth-order valence-electron chi connectivity index (χ4n) is 2.27. The van der Waals surface area contributed by atoms with Gasteiger partial charge in [0, 0.05) is 29.6 Å². The maximum Gasteiger partial charge on any atom is 0.253 e. The Hall–Kier alpha value is -3.16. The first-order valence-corrected chi connectivity index (χ1v) is 7.45. The van der Waals surface area contributed by atoms with Crippen LogP contribution in [-0.4, -0.2) is 21.0 Å². The van der Waals surface area contributed by atoms with E-state index in [4.69, 9.17) is 4.52 Å². The number of rotatable bonds is 4. The first kappa shape index (κ1) is 16.7. The van der Waals surface area contributed by atoms with Crippen molar-refractivity contribution < 1.29 is 18.1 Å². The van der Waals surface area contributed by atoms with Gasteiger partial charge >= 0.3 is 0 Å². The molecule has 0 saturated heterocycles. The summed E-state index contributed by atoms with van der Waals surface area (Å²) in [5, 5.41) is 6.37. The Labute approximate surface area is 141 Å². The van der Waals surface area contributed by atoms with E-state index < -0.39 is 23.6 Å². The maximum atomic E-state index is 13.9. The molecule has 0 unspecified atom stereocenters. The molecule has 0 aliphatic rings. The van der Waals surface area contributed by atoms with Gasteiger partial charge in [-0.05, 0) is 32.0 Å². The van der Waals surface area contributed by atoms with Crippen molar-refractivity contribution >= 4 is 5.91 Å². The second-order valence-electron chi connectivity index (χ2n) is 5.46. The lowest BCUT2D eigenvalue weighted by atomic mass is 10.0. The molecular formula is C17H14F2N4O2. The molecule has 1 amide bonds. The molecule has 128 valence electrons. The van der Waals surface area contributed by atoms with Crippen LogP contribution >= 0.6 is 0 Å². The zero-order valence-corrected chi connectivity index (χ0v) is 13.5. The summed E-state index contributed by atoms with van der Waals surface area (Å²) in [4.78, 5) is 20.4. The molecule has 8 heteroatoms. The number of aromatic nitrogens is 3. The first-order valence-electron chi connectivity index (χ1n) is 7.45. The quantitative estimate of drug-likeness (QED) is 0.786. The molecule has 0 aliphatic heterocycles. The van der Waals surface area contributed by atoms with E-state index in [1.54, 1.807) is 13.8 Å². The standard InChI is InChI=1S/C17H14F2N4O2/c1-9(17-22-10(2)23-25-17)21-16(24)12-5-11(7-20-8-12)14-4-3-13(18)6-15(14)19/h3-9H,1-2H3,(H,21,24)/t9-/m1/s1. The smallest absolute Gasteiger partial charge is 0.253 e. The molecule has 2 aromatic heterocycles. The van der Waals surface area contributed by atoms with Crippen LogP contribution in [0.1, 0.15) is 35.0 Å². The van der Waals surface area contributed by atoms with Gasteiger partial charge in [0.25, 0.3) is 5.91 Å². The third-order valence-electron chi connectivity index (χ3n) is 3.50. The molecule has 0 radical (unpaired) electrons. The Bertz CT molecular complexity index is 927. The Morgan fingerprint density at radius 2 is 2.04 bits per heavy atom. The summed E-state index contributed by atoms with van der Waals surface area (Å²) >= 11 is 0. The van der Waals surface area contributed by atoms with Crippen molar-refractivity contribution in [1.29, 1.82) is 0 Å². The van der Waals surface area contributed by atoms with E-state index >= 15 is 0 Å². The number of nitrogens with zero attached hydrogens (tertiary/aromatic N) is 3. The van der Waals surface area contributed by atoms with E-state index in [1.807, 2.05) is 0 Å². The van der Waals surface area contributed by atoms with E-state index in [0.717, 1.165) is 12.1 Å². The molecule has 0 fully saturated rings. The summed E-state index contributed by atoms with van der Waals surface area (Å²) in [5.74, 6) is -1.09. The highest BCUT2D eigenvalue weighted by Gasteiger charge is 2.17. The Balaban J connectivity index is 1.82. The summed E-state index contributed by atoms with van der Waals surface area (Å²) < 4.78 is 32.0. The van der Waals surface area contributed by atoms with Gasteiger partial charge in [0.15, 0.2) is 5.82 Å². The molecule has 1 aromatic carbocycles. The molecule has 3 rings (SSSR count). The number of benzene rings is 1. The monoisotopic (exact) mass is 344 g/mol. The van der Waals surface area contributed by atoms with Crippen LogP contribution < -0.4 is 5.32 Å². The van der Waals surface area contributed by atoms with Gasteiger partial charge < -0.3 is 9.84 Å². The second kappa shape index (κ2) is 6.76. The Morgan fingerprint density at radius 1 is 1.24 bits per heavy atom. The van der Waals surface area contributed by atoms with Gasteiger partial charge in [-0.3, -0.25) is 9.78 Å². The number of carbonyl (C=O) groups excluding carboxylic acids is 1. The maximum absolute atomic E-state index is 13.9. The minimum absolute atomic E-state index is 0.157. The molecule has 2 heterocycles. The highest BCUT2D eigenvalue weighted by Crippen LogP contribution is 2.23. The van der Waals surface area contributed by atoms with Crippen LogP contribution in [0, 0.1) is 18.6 Å². The van der Waals surface area contributed by atoms with Crippen molar-refractivity contribution in [3.8, 4) is 11.1 Å². The van der Waals surface area contributed by atoms with Gasteiger partial charge in [-0.15, -0.1) is 0 Å². The third-order valence-corrected chi connectivity index (χ3v) is 3.50. The van der Waals surface area contributed by atoms with Crippen molar-refractivity contribution in [3.05, 3.63) is 65.6 Å². The molecule has 1 N–H and O–H groups in total. The minimum atomic E-state index is -0.728. The summed E-state index contributed by atoms with van der Waals surface area (Å²) in [5.41, 5.74) is 0.750. The van der Waals surface area contributed by atoms with E-state index in [1.165, 1.54) is 24.5 Å². The van der Waals surface area contributed by atoms with Gasteiger partial charge in [0.05, 0.1) is 5.56 Å². The SMILES string of the molecule is Cc1noc([C@@H](C)NC(=O)c2cncc(-c3ccc(F)cc3F)c2)n1. The molecule has 25 heavy (non-hydrogen) atoms. The number of amides is 1. The van der Waals surface area contributed by atoms with E-state index in [2.05, 4.69) is 20.4 Å². The molecule has 0 saturated carbocycles. The highest BCUT2D eigenvalue weighted by molar-refractivity contribution is 5.95. The van der Waals surface area contributed by atoms with Crippen molar-refractivity contribution in [2.45, 2.75) is 19.9 Å². The van der Waals surface area contributed by atoms with Crippen LogP contribution in [0.15, 0.2) is 41.2 Å². The normalized spacial score (nSPS) is 12.0. The van der Waals surface area contributed by atoms with E-state index in [0.29, 0.717) is 11.4 Å². The number of carbonyl (C=O) groups is 1. The van der Waals surface area contributed by atoms with Crippen LogP contribution in [0.3, 0.4) is 0 Å². The molecule has 0 aliphatic carbocycles. The van der Waals surface area contributed by atoms with Crippen molar-refractivity contribution in [2.24, 2.45) is 0 Å². The molecule has 0 bridgehead atoms. The summed E-state index contributed by atoms with van der Waals surface area (Å²) in [7, 11) is 0. The lowest BCUT2D eigenvalue weighted by molar-refractivity contribution is 0.0932. The minimum Gasteiger partial charge on any atom is -0.340 e. The van der Waals surface area contributed by atoms with Crippen LogP contribution in [0.5, 0.6) is 0 Å². The number of aryl methyl sites for hydroxylation is 1. The molecule has 0 spiro atoms. The lowest BCUT2D eigenvalue weighted by Gasteiger charge is -2.10. The Kier molecular flexibility index (Phi) is 4.51. The summed E-state index contributed by atoms with van der Waals surface area (Å²) in [6.45, 7) is 3.37. The summed E-state index contributed by atoms with van der Waals surface area (Å²) in [6, 6.07) is 4.20. The Morgan fingerprint density at radius 3 is 2.72 bits per heavy atom. The topological polar surface area (TPSA) is 80.9 Å². The summed E-state index contributed by atoms with van der Waals surface area (Å²) in [6.07, 6.45) is 2.75. The van der Waals surface area contributed by atoms with Gasteiger partial charge in [-0.1, -0.05) is 5.16 Å². The third kappa shape index (κ3) is 3.68. The zero-order chi connectivity index (χ0) is 18.0. The number of halogens is 2. The van der Waals surface area contributed by atoms with Crippen LogP contribution in [0.25, 0.3) is 11.1 Å². The van der Waals surface area contributed by atoms with Gasteiger partial charge in [0.2, 0.25) is 5.89 Å². The van der Waals surface area contributed by atoms with Gasteiger partial charge in [0.1, 0.15) is 17.7 Å². The van der Waals surface area contributed by atoms with Crippen LogP contribution in [0.4, 0.5) is 8.78 Å². The lowest BCUT2D eigenvalue weighted by Crippen LogP contribution is -2.27. The van der Waals surface area contributed by atoms with Crippen molar-refractivity contribution in [2.75, 3.05) is 0 Å². The number of hydrogen-bond donors (Lipinski definition) is 1. The van der Waals surface area contributed by atoms with Gasteiger partial charge in [-0.25, -0.2) is 8.78 Å². The molecule has 1 atom stereocenters. The molecule has 3 aromatic rings. The largest absolute Gasteiger partial charge is 0.340 e. The van der Waals surface area contributed by atoms with Crippen LogP contribution in [-0.2, 0) is 0 Å². The van der Waals surface area contributed by atoms with E-state index in [9.17, 15) is 13.6 Å². The first-order chi connectivity index (χ1) is 11.9. The fourth-order valence-corrected chi connectivity index (χ4v) is 2.27. The van der Waals surface area contributed by atoms with Crippen molar-refractivity contribution in [1.82, 2.24) is 20.4 Å². The molecule has 6 nitrogen and oxygen atoms in total.